The van der Waals surface area contributed by atoms with E-state index < -0.39 is 0 Å². The minimum Gasteiger partial charge on any atom is -0.396 e. The molecule has 0 aliphatic heterocycles. The first-order valence-corrected chi connectivity index (χ1v) is 5.39. The Bertz CT molecular complexity index is 584. The molecule has 0 fully saturated rings. The van der Waals surface area contributed by atoms with E-state index in [1.807, 2.05) is 19.9 Å². The normalized spacial score (nSPS) is 10.7. The van der Waals surface area contributed by atoms with Crippen molar-refractivity contribution in [3.05, 3.63) is 40.3 Å². The molecular weight excluding hydrogens is 218 g/mol. The van der Waals surface area contributed by atoms with Crippen molar-refractivity contribution >= 4 is 5.69 Å². The number of anilines is 1. The molecule has 0 aliphatic rings. The zero-order chi connectivity index (χ0) is 12.4. The van der Waals surface area contributed by atoms with Crippen LogP contribution in [-0.2, 0) is 13.1 Å². The molecule has 0 unspecified atom stereocenters. The Morgan fingerprint density at radius 1 is 1.35 bits per heavy atom. The second-order valence-corrected chi connectivity index (χ2v) is 4.01. The molecule has 6 nitrogen and oxygen atoms in total. The van der Waals surface area contributed by atoms with Gasteiger partial charge in [-0.05, 0) is 19.9 Å². The van der Waals surface area contributed by atoms with Crippen molar-refractivity contribution in [3.63, 3.8) is 0 Å². The summed E-state index contributed by atoms with van der Waals surface area (Å²) in [4.78, 5) is 15.6. The van der Waals surface area contributed by atoms with Gasteiger partial charge in [-0.3, -0.25) is 9.25 Å². The van der Waals surface area contributed by atoms with Gasteiger partial charge in [0.25, 0.3) is 0 Å². The molecule has 2 rings (SSSR count). The van der Waals surface area contributed by atoms with Gasteiger partial charge in [-0.15, -0.1) is 0 Å². The minimum absolute atomic E-state index is 0.220. The van der Waals surface area contributed by atoms with Crippen LogP contribution in [0.15, 0.2) is 23.3 Å². The predicted molar refractivity (Wildman–Crippen MR) is 64.6 cm³/mol. The van der Waals surface area contributed by atoms with Crippen LogP contribution >= 0.6 is 0 Å². The van der Waals surface area contributed by atoms with Crippen molar-refractivity contribution in [2.45, 2.75) is 26.9 Å². The molecule has 2 heterocycles. The number of nitrogens with zero attached hydrogens (tertiary/aromatic N) is 4. The number of aromatic nitrogens is 4. The Kier molecular flexibility index (Phi) is 2.95. The van der Waals surface area contributed by atoms with Gasteiger partial charge in [-0.2, -0.15) is 10.1 Å². The molecule has 0 atom stereocenters. The molecule has 0 amide bonds. The lowest BCUT2D eigenvalue weighted by Gasteiger charge is -2.09. The summed E-state index contributed by atoms with van der Waals surface area (Å²) >= 11 is 0. The fourth-order valence-corrected chi connectivity index (χ4v) is 1.75. The van der Waals surface area contributed by atoms with E-state index in [-0.39, 0.29) is 5.69 Å². The fraction of sp³-hybridized carbons (Fsp3) is 0.364. The number of nitrogens with two attached hydrogens (primary N) is 1. The summed E-state index contributed by atoms with van der Waals surface area (Å²) in [6.07, 6.45) is 3.32. The van der Waals surface area contributed by atoms with Crippen LogP contribution in [-0.4, -0.2) is 19.3 Å². The lowest BCUT2D eigenvalue weighted by molar-refractivity contribution is 0.508. The van der Waals surface area contributed by atoms with Gasteiger partial charge in [0.1, 0.15) is 0 Å². The SMILES string of the molecule is Cc1cc(C)n(CCn2cc(N)cn2)c(=O)n1. The van der Waals surface area contributed by atoms with Crippen LogP contribution < -0.4 is 11.4 Å². The van der Waals surface area contributed by atoms with Crippen LogP contribution in [0.1, 0.15) is 11.4 Å². The highest BCUT2D eigenvalue weighted by Crippen LogP contribution is 2.00. The highest BCUT2D eigenvalue weighted by molar-refractivity contribution is 5.30. The topological polar surface area (TPSA) is 78.7 Å². The van der Waals surface area contributed by atoms with E-state index in [2.05, 4.69) is 10.1 Å². The number of nitrogen functional groups attached to an aromatic ring is 1. The van der Waals surface area contributed by atoms with Crippen LogP contribution in [0, 0.1) is 13.8 Å². The van der Waals surface area contributed by atoms with E-state index in [4.69, 9.17) is 5.73 Å². The molecule has 6 heteroatoms. The fourth-order valence-electron chi connectivity index (χ4n) is 1.75. The molecular formula is C11H15N5O. The van der Waals surface area contributed by atoms with Gasteiger partial charge < -0.3 is 5.73 Å². The Labute approximate surface area is 98.7 Å². The lowest BCUT2D eigenvalue weighted by atomic mass is 10.3. The summed E-state index contributed by atoms with van der Waals surface area (Å²) in [5.74, 6) is 0. The zero-order valence-electron chi connectivity index (χ0n) is 9.92. The van der Waals surface area contributed by atoms with Gasteiger partial charge in [-0.1, -0.05) is 0 Å². The number of rotatable bonds is 3. The van der Waals surface area contributed by atoms with Crippen LogP contribution in [0.25, 0.3) is 0 Å². The first kappa shape index (κ1) is 11.4. The van der Waals surface area contributed by atoms with Crippen LogP contribution in [0.5, 0.6) is 0 Å². The van der Waals surface area contributed by atoms with Gasteiger partial charge in [0.2, 0.25) is 0 Å². The Morgan fingerprint density at radius 3 is 2.71 bits per heavy atom. The summed E-state index contributed by atoms with van der Waals surface area (Å²) in [5.41, 5.74) is 7.61. The first-order chi connectivity index (χ1) is 8.06. The quantitative estimate of drug-likeness (QED) is 0.829. The van der Waals surface area contributed by atoms with E-state index in [9.17, 15) is 4.79 Å². The zero-order valence-corrected chi connectivity index (χ0v) is 9.92. The lowest BCUT2D eigenvalue weighted by Crippen LogP contribution is -2.27. The van der Waals surface area contributed by atoms with Crippen LogP contribution in [0.2, 0.25) is 0 Å². The maximum absolute atomic E-state index is 11.7. The molecule has 0 radical (unpaired) electrons. The van der Waals surface area contributed by atoms with E-state index in [0.29, 0.717) is 18.8 Å². The molecule has 0 saturated carbocycles. The third-order valence-electron chi connectivity index (χ3n) is 2.55. The third-order valence-corrected chi connectivity index (χ3v) is 2.55. The summed E-state index contributed by atoms with van der Waals surface area (Å²) in [6, 6.07) is 1.89. The predicted octanol–water partition coefficient (Wildman–Crippen LogP) is 0.339. The van der Waals surface area contributed by atoms with Gasteiger partial charge in [0, 0.05) is 24.1 Å². The average molecular weight is 233 g/mol. The van der Waals surface area contributed by atoms with E-state index in [0.717, 1.165) is 11.4 Å². The van der Waals surface area contributed by atoms with Crippen molar-refractivity contribution in [3.8, 4) is 0 Å². The van der Waals surface area contributed by atoms with Crippen molar-refractivity contribution in [2.24, 2.45) is 0 Å². The number of hydrogen-bond donors (Lipinski definition) is 1. The average Bonchev–Trinajstić information content (AvgIpc) is 2.62. The Morgan fingerprint density at radius 2 is 2.12 bits per heavy atom. The molecule has 0 aliphatic carbocycles. The molecule has 0 spiro atoms. The molecule has 0 aromatic carbocycles. The molecule has 17 heavy (non-hydrogen) atoms. The van der Waals surface area contributed by atoms with Gasteiger partial charge >= 0.3 is 5.69 Å². The van der Waals surface area contributed by atoms with Crippen molar-refractivity contribution in [1.82, 2.24) is 19.3 Å². The summed E-state index contributed by atoms with van der Waals surface area (Å²) in [5, 5.41) is 4.06. The second kappa shape index (κ2) is 4.40. The summed E-state index contributed by atoms with van der Waals surface area (Å²) < 4.78 is 3.34. The Hall–Kier alpha value is -2.11. The van der Waals surface area contributed by atoms with Gasteiger partial charge in [-0.25, -0.2) is 4.79 Å². The minimum atomic E-state index is -0.220. The highest BCUT2D eigenvalue weighted by Gasteiger charge is 2.03. The van der Waals surface area contributed by atoms with Gasteiger partial charge in [0.05, 0.1) is 18.4 Å². The van der Waals surface area contributed by atoms with E-state index in [1.165, 1.54) is 0 Å². The smallest absolute Gasteiger partial charge is 0.348 e. The van der Waals surface area contributed by atoms with Crippen LogP contribution in [0.3, 0.4) is 0 Å². The van der Waals surface area contributed by atoms with Gasteiger partial charge in [0.15, 0.2) is 0 Å². The maximum Gasteiger partial charge on any atom is 0.348 e. The monoisotopic (exact) mass is 233 g/mol. The Balaban J connectivity index is 2.17. The van der Waals surface area contributed by atoms with Crippen molar-refractivity contribution in [2.75, 3.05) is 5.73 Å². The van der Waals surface area contributed by atoms with E-state index in [1.54, 1.807) is 21.6 Å². The van der Waals surface area contributed by atoms with Crippen molar-refractivity contribution in [1.29, 1.82) is 0 Å². The molecule has 2 N–H and O–H groups in total. The van der Waals surface area contributed by atoms with Crippen molar-refractivity contribution < 1.29 is 0 Å². The molecule has 90 valence electrons. The molecule has 2 aromatic heterocycles. The molecule has 0 saturated heterocycles. The van der Waals surface area contributed by atoms with E-state index >= 15 is 0 Å². The molecule has 2 aromatic rings. The summed E-state index contributed by atoms with van der Waals surface area (Å²) in [7, 11) is 0. The highest BCUT2D eigenvalue weighted by atomic mass is 16.1. The maximum atomic E-state index is 11.7. The second-order valence-electron chi connectivity index (χ2n) is 4.01. The first-order valence-electron chi connectivity index (χ1n) is 5.39. The molecule has 0 bridgehead atoms. The van der Waals surface area contributed by atoms with Crippen LogP contribution in [0.4, 0.5) is 5.69 Å². The largest absolute Gasteiger partial charge is 0.396 e. The number of hydrogen-bond acceptors (Lipinski definition) is 4. The number of aryl methyl sites for hydroxylation is 3. The summed E-state index contributed by atoms with van der Waals surface area (Å²) in [6.45, 7) is 4.85. The third kappa shape index (κ3) is 2.52. The standard InChI is InChI=1S/C11H15N5O/c1-8-5-9(2)16(11(17)14-8)4-3-15-7-10(12)6-13-15/h5-7H,3-4,12H2,1-2H3.